The van der Waals surface area contributed by atoms with E-state index in [-0.39, 0.29) is 5.43 Å². The molecule has 0 saturated heterocycles. The van der Waals surface area contributed by atoms with E-state index in [2.05, 4.69) is 6.92 Å². The first kappa shape index (κ1) is 13.9. The van der Waals surface area contributed by atoms with Crippen molar-refractivity contribution in [3.63, 3.8) is 0 Å². The zero-order valence-electron chi connectivity index (χ0n) is 10.9. The predicted octanol–water partition coefficient (Wildman–Crippen LogP) is 3.75. The summed E-state index contributed by atoms with van der Waals surface area (Å²) in [4.78, 5) is 11.8. The van der Waals surface area contributed by atoms with E-state index >= 15 is 0 Å². The average molecular weight is 281 g/mol. The molecule has 0 aliphatic rings. The predicted molar refractivity (Wildman–Crippen MR) is 77.3 cm³/mol. The van der Waals surface area contributed by atoms with E-state index in [1.54, 1.807) is 6.07 Å². The van der Waals surface area contributed by atoms with Gasteiger partial charge in [0.05, 0.1) is 18.3 Å². The van der Waals surface area contributed by atoms with Gasteiger partial charge in [0.2, 0.25) is 0 Å². The van der Waals surface area contributed by atoms with Crippen LogP contribution < -0.4 is 10.2 Å². The molecule has 0 N–H and O–H groups in total. The van der Waals surface area contributed by atoms with E-state index in [0.29, 0.717) is 23.5 Å². The van der Waals surface area contributed by atoms with E-state index in [0.717, 1.165) is 30.6 Å². The number of benzene rings is 1. The molecule has 1 aromatic carbocycles. The van der Waals surface area contributed by atoms with Crippen LogP contribution >= 0.6 is 11.6 Å². The zero-order valence-corrected chi connectivity index (χ0v) is 11.7. The van der Waals surface area contributed by atoms with Gasteiger partial charge in [0, 0.05) is 17.5 Å². The van der Waals surface area contributed by atoms with Crippen LogP contribution in [0.2, 0.25) is 0 Å². The van der Waals surface area contributed by atoms with Crippen LogP contribution in [-0.2, 0) is 6.42 Å². The molecule has 0 bridgehead atoms. The van der Waals surface area contributed by atoms with Crippen LogP contribution in [0.3, 0.4) is 0 Å². The summed E-state index contributed by atoms with van der Waals surface area (Å²) in [7, 11) is 0. The number of ether oxygens (including phenoxy) is 1. The summed E-state index contributed by atoms with van der Waals surface area (Å²) >= 11 is 5.64. The Balaban J connectivity index is 2.46. The molecule has 0 amide bonds. The fraction of sp³-hybridized carbons (Fsp3) is 0.400. The second-order valence-corrected chi connectivity index (χ2v) is 4.72. The summed E-state index contributed by atoms with van der Waals surface area (Å²) in [5.74, 6) is 1.36. The van der Waals surface area contributed by atoms with E-state index in [9.17, 15) is 4.79 Å². The molecule has 19 heavy (non-hydrogen) atoms. The molecule has 4 heteroatoms. The number of aryl methyl sites for hydroxylation is 1. The van der Waals surface area contributed by atoms with Crippen molar-refractivity contribution in [2.24, 2.45) is 0 Å². The van der Waals surface area contributed by atoms with Crippen molar-refractivity contribution in [1.29, 1.82) is 0 Å². The molecule has 2 aromatic rings. The lowest BCUT2D eigenvalue weighted by molar-refractivity contribution is 0.315. The molecule has 0 saturated carbocycles. The summed E-state index contributed by atoms with van der Waals surface area (Å²) in [5.41, 5.74) is 1.58. The molecule has 0 unspecified atom stereocenters. The SMILES string of the molecule is CCCc1c(OCCCCl)ccc2c(=O)ccoc12. The Hall–Kier alpha value is -1.48. The molecular weight excluding hydrogens is 264 g/mol. The molecule has 1 heterocycles. The van der Waals surface area contributed by atoms with Crippen LogP contribution in [0.4, 0.5) is 0 Å². The smallest absolute Gasteiger partial charge is 0.192 e. The zero-order chi connectivity index (χ0) is 13.7. The van der Waals surface area contributed by atoms with Gasteiger partial charge in [-0.25, -0.2) is 0 Å². The first-order valence-corrected chi connectivity index (χ1v) is 7.03. The molecule has 0 fully saturated rings. The molecule has 0 aliphatic carbocycles. The Morgan fingerprint density at radius 1 is 1.32 bits per heavy atom. The third-order valence-corrected chi connectivity index (χ3v) is 3.19. The highest BCUT2D eigenvalue weighted by atomic mass is 35.5. The molecule has 0 spiro atoms. The van der Waals surface area contributed by atoms with Gasteiger partial charge >= 0.3 is 0 Å². The van der Waals surface area contributed by atoms with Crippen LogP contribution in [0.25, 0.3) is 11.0 Å². The molecule has 0 atom stereocenters. The second kappa shape index (κ2) is 6.62. The Labute approximate surface area is 117 Å². The van der Waals surface area contributed by atoms with Crippen molar-refractivity contribution in [2.75, 3.05) is 12.5 Å². The van der Waals surface area contributed by atoms with Gasteiger partial charge in [0.25, 0.3) is 0 Å². The maximum atomic E-state index is 11.8. The highest BCUT2D eigenvalue weighted by Crippen LogP contribution is 2.28. The Bertz CT molecular complexity index is 604. The minimum atomic E-state index is -0.0223. The lowest BCUT2D eigenvalue weighted by Crippen LogP contribution is -2.04. The third-order valence-electron chi connectivity index (χ3n) is 2.92. The molecule has 0 radical (unpaired) electrons. The van der Waals surface area contributed by atoms with Crippen molar-refractivity contribution < 1.29 is 9.15 Å². The number of hydrogen-bond donors (Lipinski definition) is 0. The number of halogens is 1. The van der Waals surface area contributed by atoms with Crippen molar-refractivity contribution in [2.45, 2.75) is 26.2 Å². The van der Waals surface area contributed by atoms with Gasteiger partial charge < -0.3 is 9.15 Å². The fourth-order valence-corrected chi connectivity index (χ4v) is 2.16. The summed E-state index contributed by atoms with van der Waals surface area (Å²) < 4.78 is 11.2. The topological polar surface area (TPSA) is 39.4 Å². The van der Waals surface area contributed by atoms with E-state index < -0.39 is 0 Å². The minimum Gasteiger partial charge on any atom is -0.493 e. The van der Waals surface area contributed by atoms with Gasteiger partial charge in [0.1, 0.15) is 11.3 Å². The highest BCUT2D eigenvalue weighted by Gasteiger charge is 2.12. The van der Waals surface area contributed by atoms with Gasteiger partial charge in [-0.05, 0) is 25.0 Å². The summed E-state index contributed by atoms with van der Waals surface area (Å²) in [6.07, 6.45) is 4.01. The van der Waals surface area contributed by atoms with Crippen LogP contribution in [0.1, 0.15) is 25.3 Å². The number of fused-ring (bicyclic) bond motifs is 1. The minimum absolute atomic E-state index is 0.0223. The Morgan fingerprint density at radius 3 is 2.89 bits per heavy atom. The van der Waals surface area contributed by atoms with Crippen LogP contribution in [0.5, 0.6) is 5.75 Å². The number of hydrogen-bond acceptors (Lipinski definition) is 3. The molecule has 102 valence electrons. The summed E-state index contributed by atoms with van der Waals surface area (Å²) in [6.45, 7) is 2.66. The van der Waals surface area contributed by atoms with Crippen molar-refractivity contribution in [3.8, 4) is 5.75 Å². The second-order valence-electron chi connectivity index (χ2n) is 4.34. The first-order chi connectivity index (χ1) is 9.27. The lowest BCUT2D eigenvalue weighted by atomic mass is 10.1. The third kappa shape index (κ3) is 3.10. The summed E-state index contributed by atoms with van der Waals surface area (Å²) in [6, 6.07) is 5.04. The molecule has 0 aliphatic heterocycles. The van der Waals surface area contributed by atoms with Gasteiger partial charge in [-0.3, -0.25) is 4.79 Å². The number of alkyl halides is 1. The maximum absolute atomic E-state index is 11.8. The molecular formula is C15H17ClO3. The van der Waals surface area contributed by atoms with E-state index in [4.69, 9.17) is 20.8 Å². The lowest BCUT2D eigenvalue weighted by Gasteiger charge is -2.12. The Kier molecular flexibility index (Phi) is 4.86. The highest BCUT2D eigenvalue weighted by molar-refractivity contribution is 6.17. The van der Waals surface area contributed by atoms with Gasteiger partial charge in [-0.2, -0.15) is 0 Å². The average Bonchev–Trinajstić information content (AvgIpc) is 2.42. The van der Waals surface area contributed by atoms with Crippen LogP contribution in [-0.4, -0.2) is 12.5 Å². The fourth-order valence-electron chi connectivity index (χ4n) is 2.05. The first-order valence-electron chi connectivity index (χ1n) is 6.50. The standard InChI is InChI=1S/C15H17ClO3/c1-2-4-12-14(18-9-3-8-16)6-5-11-13(17)7-10-19-15(11)12/h5-7,10H,2-4,8-9H2,1H3. The van der Waals surface area contributed by atoms with Crippen molar-refractivity contribution in [1.82, 2.24) is 0 Å². The normalized spacial score (nSPS) is 10.8. The van der Waals surface area contributed by atoms with Crippen LogP contribution in [0, 0.1) is 0 Å². The van der Waals surface area contributed by atoms with E-state index in [1.807, 2.05) is 6.07 Å². The molecule has 3 nitrogen and oxygen atoms in total. The van der Waals surface area contributed by atoms with Gasteiger partial charge in [0.15, 0.2) is 5.43 Å². The quantitative estimate of drug-likeness (QED) is 0.597. The molecule has 2 rings (SSSR count). The van der Waals surface area contributed by atoms with Crippen molar-refractivity contribution in [3.05, 3.63) is 40.2 Å². The monoisotopic (exact) mass is 280 g/mol. The Morgan fingerprint density at radius 2 is 2.16 bits per heavy atom. The van der Waals surface area contributed by atoms with Crippen molar-refractivity contribution >= 4 is 22.6 Å². The van der Waals surface area contributed by atoms with Gasteiger partial charge in [-0.15, -0.1) is 11.6 Å². The van der Waals surface area contributed by atoms with Gasteiger partial charge in [-0.1, -0.05) is 13.3 Å². The maximum Gasteiger partial charge on any atom is 0.192 e. The largest absolute Gasteiger partial charge is 0.493 e. The molecule has 1 aromatic heterocycles. The number of rotatable bonds is 6. The van der Waals surface area contributed by atoms with E-state index in [1.165, 1.54) is 12.3 Å². The summed E-state index contributed by atoms with van der Waals surface area (Å²) in [5, 5.41) is 0.607. The van der Waals surface area contributed by atoms with Crippen LogP contribution in [0.15, 0.2) is 33.7 Å².